The number of hydrogen-bond donors (Lipinski definition) is 0. The lowest BCUT2D eigenvalue weighted by molar-refractivity contribution is -0.384. The summed E-state index contributed by atoms with van der Waals surface area (Å²) < 4.78 is 11.6. The summed E-state index contributed by atoms with van der Waals surface area (Å²) >= 11 is 1.42. The van der Waals surface area contributed by atoms with Gasteiger partial charge in [-0.3, -0.25) is 14.9 Å². The lowest BCUT2D eigenvalue weighted by Crippen LogP contribution is -2.48. The first-order valence-corrected chi connectivity index (χ1v) is 11.8. The van der Waals surface area contributed by atoms with Gasteiger partial charge in [-0.25, -0.2) is 4.98 Å². The van der Waals surface area contributed by atoms with Crippen molar-refractivity contribution in [3.05, 3.63) is 81.8 Å². The monoisotopic (exact) mass is 478 g/mol. The van der Waals surface area contributed by atoms with Crippen LogP contribution in [0.3, 0.4) is 0 Å². The number of oxazole rings is 1. The fourth-order valence-electron chi connectivity index (χ4n) is 3.94. The summed E-state index contributed by atoms with van der Waals surface area (Å²) in [5.41, 5.74) is 3.64. The summed E-state index contributed by atoms with van der Waals surface area (Å²) in [7, 11) is 0. The first-order chi connectivity index (χ1) is 16.5. The Morgan fingerprint density at radius 3 is 2.53 bits per heavy atom. The fourth-order valence-corrected chi connectivity index (χ4v) is 4.67. The third-order valence-electron chi connectivity index (χ3n) is 5.80. The van der Waals surface area contributed by atoms with Gasteiger partial charge < -0.3 is 18.6 Å². The Morgan fingerprint density at radius 1 is 1.06 bits per heavy atom. The van der Waals surface area contributed by atoms with Gasteiger partial charge in [0.25, 0.3) is 16.8 Å². The van der Waals surface area contributed by atoms with E-state index in [0.29, 0.717) is 48.7 Å². The highest BCUT2D eigenvalue weighted by Gasteiger charge is 2.25. The zero-order valence-corrected chi connectivity index (χ0v) is 19.3. The van der Waals surface area contributed by atoms with Crippen LogP contribution in [0.1, 0.15) is 21.9 Å². The van der Waals surface area contributed by atoms with Crippen molar-refractivity contribution in [2.24, 2.45) is 0 Å². The number of piperazine rings is 1. The number of amides is 1. The number of nitrogens with zero attached hydrogens (tertiary/aromatic N) is 4. The highest BCUT2D eigenvalue weighted by Crippen LogP contribution is 2.28. The van der Waals surface area contributed by atoms with Crippen LogP contribution in [0.15, 0.2) is 68.7 Å². The molecular weight excluding hydrogens is 456 g/mol. The predicted molar refractivity (Wildman–Crippen MR) is 128 cm³/mol. The van der Waals surface area contributed by atoms with Gasteiger partial charge in [0.05, 0.1) is 10.7 Å². The first kappa shape index (κ1) is 22.0. The topological polar surface area (TPSA) is 106 Å². The number of nitro groups is 1. The molecule has 1 saturated heterocycles. The van der Waals surface area contributed by atoms with Crippen LogP contribution in [0, 0.1) is 17.0 Å². The quantitative estimate of drug-likeness (QED) is 0.219. The van der Waals surface area contributed by atoms with Crippen molar-refractivity contribution in [2.45, 2.75) is 17.9 Å². The van der Waals surface area contributed by atoms with Gasteiger partial charge in [-0.15, -0.1) is 0 Å². The summed E-state index contributed by atoms with van der Waals surface area (Å²) in [5.74, 6) is 1.36. The predicted octanol–water partition coefficient (Wildman–Crippen LogP) is 4.89. The second-order valence-electron chi connectivity index (χ2n) is 8.01. The van der Waals surface area contributed by atoms with E-state index in [1.165, 1.54) is 23.9 Å². The number of carbonyl (C=O) groups is 1. The van der Waals surface area contributed by atoms with Crippen molar-refractivity contribution >= 4 is 40.1 Å². The Kier molecular flexibility index (Phi) is 5.97. The van der Waals surface area contributed by atoms with Crippen molar-refractivity contribution in [1.29, 1.82) is 0 Å². The van der Waals surface area contributed by atoms with E-state index in [1.807, 2.05) is 25.1 Å². The molecule has 0 radical (unpaired) electrons. The highest BCUT2D eigenvalue weighted by molar-refractivity contribution is 7.98. The zero-order chi connectivity index (χ0) is 23.7. The van der Waals surface area contributed by atoms with Crippen molar-refractivity contribution in [3.8, 4) is 0 Å². The number of aryl methyl sites for hydroxylation is 1. The second-order valence-corrected chi connectivity index (χ2v) is 8.94. The first-order valence-electron chi connectivity index (χ1n) is 10.8. The van der Waals surface area contributed by atoms with Gasteiger partial charge in [0.1, 0.15) is 11.3 Å². The lowest BCUT2D eigenvalue weighted by Gasteiger charge is -2.35. The maximum absolute atomic E-state index is 12.9. The Bertz CT molecular complexity index is 1340. The molecule has 3 heterocycles. The summed E-state index contributed by atoms with van der Waals surface area (Å²) in [5, 5.41) is 11.4. The molecule has 0 saturated carbocycles. The van der Waals surface area contributed by atoms with Crippen LogP contribution in [0.4, 0.5) is 11.4 Å². The molecule has 1 aliphatic rings. The van der Waals surface area contributed by atoms with Gasteiger partial charge in [-0.2, -0.15) is 0 Å². The van der Waals surface area contributed by atoms with E-state index in [1.54, 1.807) is 29.2 Å². The summed E-state index contributed by atoms with van der Waals surface area (Å²) in [6, 6.07) is 15.8. The van der Waals surface area contributed by atoms with Crippen LogP contribution >= 0.6 is 11.8 Å². The molecular formula is C24H22N4O5S. The minimum absolute atomic E-state index is 0.0653. The Balaban J connectivity index is 1.16. The number of hydrogen-bond acceptors (Lipinski definition) is 8. The summed E-state index contributed by atoms with van der Waals surface area (Å²) in [6.07, 6.45) is 0. The smallest absolute Gasteiger partial charge is 0.289 e. The van der Waals surface area contributed by atoms with E-state index >= 15 is 0 Å². The lowest BCUT2D eigenvalue weighted by atomic mass is 10.2. The van der Waals surface area contributed by atoms with Crippen LogP contribution in [-0.4, -0.2) is 46.9 Å². The van der Waals surface area contributed by atoms with Gasteiger partial charge >= 0.3 is 0 Å². The number of benzene rings is 2. The number of non-ortho nitro benzene ring substituents is 1. The third kappa shape index (κ3) is 4.49. The molecule has 1 amide bonds. The minimum atomic E-state index is -0.412. The van der Waals surface area contributed by atoms with Crippen molar-refractivity contribution in [1.82, 2.24) is 9.88 Å². The number of rotatable bonds is 6. The molecule has 1 aliphatic heterocycles. The van der Waals surface area contributed by atoms with Crippen molar-refractivity contribution in [2.75, 3.05) is 31.1 Å². The number of furan rings is 1. The Hall–Kier alpha value is -3.79. The second kappa shape index (κ2) is 9.22. The normalized spacial score (nSPS) is 14.0. The van der Waals surface area contributed by atoms with Crippen LogP contribution < -0.4 is 4.90 Å². The van der Waals surface area contributed by atoms with Crippen molar-refractivity contribution in [3.63, 3.8) is 0 Å². The maximum Gasteiger partial charge on any atom is 0.289 e. The summed E-state index contributed by atoms with van der Waals surface area (Å²) in [4.78, 5) is 31.7. The zero-order valence-electron chi connectivity index (χ0n) is 18.5. The number of para-hydroxylation sites is 1. The van der Waals surface area contributed by atoms with Crippen LogP contribution in [-0.2, 0) is 5.75 Å². The molecule has 0 unspecified atom stereocenters. The highest BCUT2D eigenvalue weighted by atomic mass is 32.2. The van der Waals surface area contributed by atoms with E-state index in [-0.39, 0.29) is 11.6 Å². The van der Waals surface area contributed by atoms with Gasteiger partial charge in [0.15, 0.2) is 11.3 Å². The largest absolute Gasteiger partial charge is 0.455 e. The van der Waals surface area contributed by atoms with Crippen LogP contribution in [0.2, 0.25) is 0 Å². The van der Waals surface area contributed by atoms with Gasteiger partial charge in [-0.1, -0.05) is 23.9 Å². The molecule has 4 aromatic rings. The number of thioether (sulfide) groups is 1. The third-order valence-corrected chi connectivity index (χ3v) is 6.65. The molecule has 1 fully saturated rings. The van der Waals surface area contributed by atoms with E-state index in [0.717, 1.165) is 22.4 Å². The maximum atomic E-state index is 12.9. The Morgan fingerprint density at radius 2 is 1.82 bits per heavy atom. The van der Waals surface area contributed by atoms with Crippen LogP contribution in [0.25, 0.3) is 11.1 Å². The average Bonchev–Trinajstić information content (AvgIpc) is 3.50. The molecule has 2 aromatic carbocycles. The molecule has 34 heavy (non-hydrogen) atoms. The standard InChI is InChI=1S/C24H22N4O5S/c1-16-3-2-4-20-22(16)25-24(33-20)34-15-19-9-10-21(32-19)23(29)27-13-11-26(12-14-27)17-5-7-18(8-6-17)28(30)31/h2-10H,11-15H2,1H3. The van der Waals surface area contributed by atoms with Gasteiger partial charge in [-0.05, 0) is 42.8 Å². The van der Waals surface area contributed by atoms with E-state index < -0.39 is 4.92 Å². The van der Waals surface area contributed by atoms with Crippen molar-refractivity contribution < 1.29 is 18.6 Å². The molecule has 0 spiro atoms. The molecule has 0 aliphatic carbocycles. The van der Waals surface area contributed by atoms with Gasteiger partial charge in [0, 0.05) is 44.0 Å². The van der Waals surface area contributed by atoms with Gasteiger partial charge in [0.2, 0.25) is 0 Å². The number of aromatic nitrogens is 1. The van der Waals surface area contributed by atoms with E-state index in [4.69, 9.17) is 8.83 Å². The minimum Gasteiger partial charge on any atom is -0.455 e. The fraction of sp³-hybridized carbons (Fsp3) is 0.250. The van der Waals surface area contributed by atoms with E-state index in [2.05, 4.69) is 9.88 Å². The number of fused-ring (bicyclic) bond motifs is 1. The molecule has 10 heteroatoms. The van der Waals surface area contributed by atoms with E-state index in [9.17, 15) is 14.9 Å². The number of carbonyl (C=O) groups excluding carboxylic acids is 1. The molecule has 0 bridgehead atoms. The SMILES string of the molecule is Cc1cccc2oc(SCc3ccc(C(=O)N4CCN(c5ccc([N+](=O)[O-])cc5)CC4)o3)nc12. The summed E-state index contributed by atoms with van der Waals surface area (Å²) in [6.45, 7) is 4.37. The number of anilines is 1. The molecule has 0 N–H and O–H groups in total. The average molecular weight is 479 g/mol. The molecule has 174 valence electrons. The number of nitro benzene ring substituents is 1. The molecule has 0 atom stereocenters. The molecule has 9 nitrogen and oxygen atoms in total. The molecule has 5 rings (SSSR count). The molecule has 2 aromatic heterocycles. The van der Waals surface area contributed by atoms with Crippen LogP contribution in [0.5, 0.6) is 0 Å². The Labute approximate surface area is 199 Å².